The van der Waals surface area contributed by atoms with Gasteiger partial charge in [0.25, 0.3) is 5.91 Å². The number of amides is 4. The highest BCUT2D eigenvalue weighted by molar-refractivity contribution is 6.30. The van der Waals surface area contributed by atoms with E-state index in [-0.39, 0.29) is 30.3 Å². The van der Waals surface area contributed by atoms with Gasteiger partial charge in [0.2, 0.25) is 5.91 Å². The molecule has 1 aliphatic carbocycles. The summed E-state index contributed by atoms with van der Waals surface area (Å²) < 4.78 is 5.26. The molecule has 1 aliphatic heterocycles. The molecule has 7 nitrogen and oxygen atoms in total. The minimum absolute atomic E-state index is 0.0517. The Kier molecular flexibility index (Phi) is 6.65. The first-order valence-electron chi connectivity index (χ1n) is 10.8. The van der Waals surface area contributed by atoms with Crippen molar-refractivity contribution in [3.8, 4) is 5.75 Å². The van der Waals surface area contributed by atoms with E-state index in [2.05, 4.69) is 5.32 Å². The van der Waals surface area contributed by atoms with E-state index in [4.69, 9.17) is 16.3 Å². The third-order valence-electron chi connectivity index (χ3n) is 6.04. The molecule has 1 unspecified atom stereocenters. The minimum Gasteiger partial charge on any atom is -0.497 e. The number of ether oxygens (including phenoxy) is 1. The van der Waals surface area contributed by atoms with Crippen molar-refractivity contribution < 1.29 is 19.1 Å². The summed E-state index contributed by atoms with van der Waals surface area (Å²) in [6.07, 6.45) is 4.69. The Morgan fingerprint density at radius 2 is 1.81 bits per heavy atom. The van der Waals surface area contributed by atoms with Crippen LogP contribution < -0.4 is 15.0 Å². The Bertz CT molecular complexity index is 1000. The number of halogens is 1. The Morgan fingerprint density at radius 1 is 1.09 bits per heavy atom. The van der Waals surface area contributed by atoms with Crippen molar-refractivity contribution in [2.45, 2.75) is 50.6 Å². The van der Waals surface area contributed by atoms with Gasteiger partial charge in [-0.15, -0.1) is 0 Å². The number of carbonyl (C=O) groups is 3. The molecule has 2 aromatic carbocycles. The Morgan fingerprint density at radius 3 is 2.50 bits per heavy atom. The van der Waals surface area contributed by atoms with Crippen LogP contribution in [-0.2, 0) is 9.59 Å². The molecule has 2 aromatic rings. The number of hydrogen-bond donors (Lipinski definition) is 1. The van der Waals surface area contributed by atoms with E-state index in [1.807, 2.05) is 0 Å². The zero-order valence-electron chi connectivity index (χ0n) is 17.9. The van der Waals surface area contributed by atoms with Crippen LogP contribution in [0.3, 0.4) is 0 Å². The van der Waals surface area contributed by atoms with Crippen molar-refractivity contribution in [2.75, 3.05) is 17.3 Å². The summed E-state index contributed by atoms with van der Waals surface area (Å²) in [5.74, 6) is -0.164. The second-order valence-electron chi connectivity index (χ2n) is 8.13. The number of hydrogen-bond acceptors (Lipinski definition) is 4. The van der Waals surface area contributed by atoms with E-state index < -0.39 is 6.04 Å². The number of benzene rings is 2. The van der Waals surface area contributed by atoms with E-state index >= 15 is 0 Å². The highest BCUT2D eigenvalue weighted by Crippen LogP contribution is 2.34. The molecule has 8 heteroatoms. The van der Waals surface area contributed by atoms with E-state index in [0.717, 1.165) is 32.1 Å². The molecule has 0 aromatic heterocycles. The van der Waals surface area contributed by atoms with E-state index in [1.165, 1.54) is 12.0 Å². The van der Waals surface area contributed by atoms with Crippen LogP contribution in [0.4, 0.5) is 16.2 Å². The minimum atomic E-state index is -0.843. The molecule has 32 heavy (non-hydrogen) atoms. The van der Waals surface area contributed by atoms with Crippen molar-refractivity contribution in [3.63, 3.8) is 0 Å². The lowest BCUT2D eigenvalue weighted by Gasteiger charge is -2.33. The molecule has 1 N–H and O–H groups in total. The molecule has 1 saturated heterocycles. The zero-order valence-corrected chi connectivity index (χ0v) is 18.7. The SMILES string of the molecule is COc1cccc(N2C(=O)C(CC(=O)Nc3ccc(Cl)cc3)N(C3CCCCC3)C2=O)c1. The molecule has 1 saturated carbocycles. The van der Waals surface area contributed by atoms with Gasteiger partial charge in [0.15, 0.2) is 0 Å². The highest BCUT2D eigenvalue weighted by atomic mass is 35.5. The van der Waals surface area contributed by atoms with Gasteiger partial charge in [-0.05, 0) is 49.2 Å². The summed E-state index contributed by atoms with van der Waals surface area (Å²) in [6, 6.07) is 12.3. The molecular weight excluding hydrogens is 430 g/mol. The van der Waals surface area contributed by atoms with E-state index in [1.54, 1.807) is 53.4 Å². The lowest BCUT2D eigenvalue weighted by molar-refractivity contribution is -0.125. The third-order valence-corrected chi connectivity index (χ3v) is 6.29. The first-order chi connectivity index (χ1) is 15.5. The number of imide groups is 1. The second kappa shape index (κ2) is 9.61. The average molecular weight is 456 g/mol. The summed E-state index contributed by atoms with van der Waals surface area (Å²) in [5.41, 5.74) is 1.03. The lowest BCUT2D eigenvalue weighted by Crippen LogP contribution is -2.45. The molecule has 1 atom stereocenters. The van der Waals surface area contributed by atoms with Crippen LogP contribution in [0, 0.1) is 0 Å². The lowest BCUT2D eigenvalue weighted by atomic mass is 9.93. The van der Waals surface area contributed by atoms with E-state index in [0.29, 0.717) is 22.1 Å². The van der Waals surface area contributed by atoms with Crippen molar-refractivity contribution in [1.29, 1.82) is 0 Å². The third kappa shape index (κ3) is 4.58. The van der Waals surface area contributed by atoms with Crippen LogP contribution in [-0.4, -0.2) is 41.9 Å². The van der Waals surface area contributed by atoms with Gasteiger partial charge < -0.3 is 15.0 Å². The Labute approximate surface area is 192 Å². The Balaban J connectivity index is 1.59. The van der Waals surface area contributed by atoms with Crippen LogP contribution in [0.2, 0.25) is 5.02 Å². The van der Waals surface area contributed by atoms with Gasteiger partial charge in [-0.2, -0.15) is 0 Å². The average Bonchev–Trinajstić information content (AvgIpc) is 3.05. The van der Waals surface area contributed by atoms with Crippen molar-refractivity contribution in [1.82, 2.24) is 4.90 Å². The van der Waals surface area contributed by atoms with Gasteiger partial charge in [-0.3, -0.25) is 9.59 Å². The van der Waals surface area contributed by atoms with Crippen LogP contribution in [0.1, 0.15) is 38.5 Å². The summed E-state index contributed by atoms with van der Waals surface area (Å²) in [6.45, 7) is 0. The molecule has 0 spiro atoms. The topological polar surface area (TPSA) is 79.0 Å². The smallest absolute Gasteiger partial charge is 0.332 e. The van der Waals surface area contributed by atoms with Crippen molar-refractivity contribution >= 4 is 40.8 Å². The van der Waals surface area contributed by atoms with Crippen LogP contribution in [0.5, 0.6) is 5.75 Å². The molecule has 1 heterocycles. The predicted octanol–water partition coefficient (Wildman–Crippen LogP) is 4.85. The standard InChI is InChI=1S/C24H26ClN3O4/c1-32-20-9-5-8-19(14-20)28-23(30)21(27(24(28)31)18-6-3-2-4-7-18)15-22(29)26-17-12-10-16(25)11-13-17/h5,8-14,18,21H,2-4,6-7,15H2,1H3,(H,26,29). The van der Waals surface area contributed by atoms with Gasteiger partial charge in [-0.25, -0.2) is 9.69 Å². The molecule has 4 rings (SSSR count). The van der Waals surface area contributed by atoms with Crippen molar-refractivity contribution in [2.24, 2.45) is 0 Å². The van der Waals surface area contributed by atoms with Crippen LogP contribution in [0.25, 0.3) is 0 Å². The van der Waals surface area contributed by atoms with Crippen molar-refractivity contribution in [3.05, 3.63) is 53.6 Å². The number of rotatable bonds is 6. The fourth-order valence-electron chi connectivity index (χ4n) is 4.47. The number of urea groups is 1. The van der Waals surface area contributed by atoms with Gasteiger partial charge in [0.1, 0.15) is 11.8 Å². The summed E-state index contributed by atoms with van der Waals surface area (Å²) >= 11 is 5.91. The fourth-order valence-corrected chi connectivity index (χ4v) is 4.60. The number of carbonyl (C=O) groups excluding carboxylic acids is 3. The quantitative estimate of drug-likeness (QED) is 0.631. The summed E-state index contributed by atoms with van der Waals surface area (Å²) in [7, 11) is 1.53. The zero-order chi connectivity index (χ0) is 22.7. The molecular formula is C24H26ClN3O4. The van der Waals surface area contributed by atoms with Gasteiger partial charge in [-0.1, -0.05) is 36.9 Å². The summed E-state index contributed by atoms with van der Waals surface area (Å²) in [5, 5.41) is 3.37. The monoisotopic (exact) mass is 455 g/mol. The number of methoxy groups -OCH3 is 1. The fraction of sp³-hybridized carbons (Fsp3) is 0.375. The maximum atomic E-state index is 13.4. The van der Waals surface area contributed by atoms with Gasteiger partial charge in [0, 0.05) is 22.8 Å². The van der Waals surface area contributed by atoms with E-state index in [9.17, 15) is 14.4 Å². The largest absolute Gasteiger partial charge is 0.497 e. The molecule has 0 radical (unpaired) electrons. The second-order valence-corrected chi connectivity index (χ2v) is 8.57. The van der Waals surface area contributed by atoms with Gasteiger partial charge >= 0.3 is 6.03 Å². The normalized spacial score (nSPS) is 19.4. The maximum Gasteiger partial charge on any atom is 0.332 e. The van der Waals surface area contributed by atoms with Crippen LogP contribution in [0.15, 0.2) is 48.5 Å². The molecule has 0 bridgehead atoms. The highest BCUT2D eigenvalue weighted by Gasteiger charge is 2.49. The molecule has 2 aliphatic rings. The number of nitrogens with one attached hydrogen (secondary N) is 1. The van der Waals surface area contributed by atoms with Gasteiger partial charge in [0.05, 0.1) is 19.2 Å². The maximum absolute atomic E-state index is 13.4. The van der Waals surface area contributed by atoms with Crippen LogP contribution >= 0.6 is 11.6 Å². The molecule has 168 valence electrons. The molecule has 4 amide bonds. The summed E-state index contributed by atoms with van der Waals surface area (Å²) in [4.78, 5) is 42.5. The Hall–Kier alpha value is -3.06. The number of anilines is 2. The molecule has 2 fully saturated rings. The predicted molar refractivity (Wildman–Crippen MR) is 123 cm³/mol. The first-order valence-corrected chi connectivity index (χ1v) is 11.2. The number of nitrogens with zero attached hydrogens (tertiary/aromatic N) is 2. The first kappa shape index (κ1) is 22.1.